The molecule has 0 fully saturated rings. The van der Waals surface area contributed by atoms with Gasteiger partial charge in [-0.3, -0.25) is 4.68 Å². The monoisotopic (exact) mass is 389 g/mol. The minimum atomic E-state index is 0.114. The fourth-order valence-electron chi connectivity index (χ4n) is 2.33. The van der Waals surface area contributed by atoms with Crippen LogP contribution in [0.3, 0.4) is 0 Å². The normalized spacial score (nSPS) is 12.9. The van der Waals surface area contributed by atoms with E-state index < -0.39 is 0 Å². The summed E-state index contributed by atoms with van der Waals surface area (Å²) in [6.07, 6.45) is 2.60. The Hall–Kier alpha value is -0.550. The maximum absolute atomic E-state index is 6.29. The van der Waals surface area contributed by atoms with E-state index in [9.17, 15) is 0 Å². The molecular weight excluding hydrogens is 373 g/mol. The molecule has 0 saturated carbocycles. The predicted octanol–water partition coefficient (Wildman–Crippen LogP) is 5.04. The summed E-state index contributed by atoms with van der Waals surface area (Å²) >= 11 is 15.8. The average Bonchev–Trinajstić information content (AvgIpc) is 2.80. The topological polar surface area (TPSA) is 29.9 Å². The molecule has 0 amide bonds. The summed E-state index contributed by atoms with van der Waals surface area (Å²) in [4.78, 5) is 0. The number of rotatable bonds is 5. The lowest BCUT2D eigenvalue weighted by molar-refractivity contribution is 0.458. The number of aromatic nitrogens is 2. The van der Waals surface area contributed by atoms with Crippen molar-refractivity contribution in [2.24, 2.45) is 0 Å². The summed E-state index contributed by atoms with van der Waals surface area (Å²) in [5, 5.41) is 9.13. The first-order valence-corrected chi connectivity index (χ1v) is 8.33. The molecule has 1 unspecified atom stereocenters. The van der Waals surface area contributed by atoms with Crippen LogP contribution in [0.25, 0.3) is 0 Å². The van der Waals surface area contributed by atoms with Gasteiger partial charge in [0.05, 0.1) is 22.4 Å². The zero-order valence-electron chi connectivity index (χ0n) is 12.2. The fourth-order valence-corrected chi connectivity index (χ4v) is 3.37. The molecule has 1 aromatic heterocycles. The number of hydrogen-bond acceptors (Lipinski definition) is 2. The van der Waals surface area contributed by atoms with E-state index in [1.807, 2.05) is 30.1 Å². The van der Waals surface area contributed by atoms with Crippen molar-refractivity contribution in [1.82, 2.24) is 15.1 Å². The number of halogens is 3. The van der Waals surface area contributed by atoms with Gasteiger partial charge in [-0.1, -0.05) is 29.3 Å². The molecule has 1 N–H and O–H groups in total. The molecule has 1 atom stereocenters. The summed E-state index contributed by atoms with van der Waals surface area (Å²) in [5.41, 5.74) is 2.18. The van der Waals surface area contributed by atoms with Crippen LogP contribution in [0.2, 0.25) is 10.0 Å². The van der Waals surface area contributed by atoms with Crippen molar-refractivity contribution in [1.29, 1.82) is 0 Å². The zero-order chi connectivity index (χ0) is 15.6. The third-order valence-corrected chi connectivity index (χ3v) is 4.59. The molecule has 0 aliphatic carbocycles. The largest absolute Gasteiger partial charge is 0.311 e. The van der Waals surface area contributed by atoms with E-state index >= 15 is 0 Å². The second-order valence-electron chi connectivity index (χ2n) is 5.20. The van der Waals surface area contributed by atoms with Gasteiger partial charge in [0, 0.05) is 16.1 Å². The zero-order valence-corrected chi connectivity index (χ0v) is 15.3. The molecule has 3 nitrogen and oxygen atoms in total. The number of nitrogens with one attached hydrogen (secondary N) is 1. The van der Waals surface area contributed by atoms with Crippen LogP contribution in [0.5, 0.6) is 0 Å². The maximum atomic E-state index is 6.29. The van der Waals surface area contributed by atoms with E-state index in [4.69, 9.17) is 23.2 Å². The Morgan fingerprint density at radius 1 is 1.33 bits per heavy atom. The van der Waals surface area contributed by atoms with E-state index in [1.165, 1.54) is 0 Å². The number of hydrogen-bond donors (Lipinski definition) is 1. The highest BCUT2D eigenvalue weighted by Crippen LogP contribution is 2.30. The van der Waals surface area contributed by atoms with Crippen molar-refractivity contribution in [3.8, 4) is 0 Å². The Kier molecular flexibility index (Phi) is 5.72. The second kappa shape index (κ2) is 7.14. The summed E-state index contributed by atoms with van der Waals surface area (Å²) in [6, 6.07) is 6.02. The molecule has 0 bridgehead atoms. The Labute approximate surface area is 143 Å². The van der Waals surface area contributed by atoms with Gasteiger partial charge >= 0.3 is 0 Å². The highest BCUT2D eigenvalue weighted by molar-refractivity contribution is 9.10. The van der Waals surface area contributed by atoms with E-state index in [1.54, 1.807) is 6.07 Å². The smallest absolute Gasteiger partial charge is 0.0702 e. The van der Waals surface area contributed by atoms with Gasteiger partial charge in [0.15, 0.2) is 0 Å². The number of likely N-dealkylation sites (N-methyl/N-ethyl adjacent to an activating group) is 1. The first-order valence-electron chi connectivity index (χ1n) is 6.78. The van der Waals surface area contributed by atoms with Crippen molar-refractivity contribution in [3.63, 3.8) is 0 Å². The summed E-state index contributed by atoms with van der Waals surface area (Å²) < 4.78 is 3.02. The van der Waals surface area contributed by atoms with Gasteiger partial charge < -0.3 is 5.32 Å². The van der Waals surface area contributed by atoms with Crippen molar-refractivity contribution < 1.29 is 0 Å². The number of benzene rings is 1. The van der Waals surface area contributed by atoms with E-state index in [0.717, 1.165) is 22.2 Å². The molecule has 1 aromatic carbocycles. The quantitative estimate of drug-likeness (QED) is 0.775. The average molecular weight is 391 g/mol. The van der Waals surface area contributed by atoms with Gasteiger partial charge in [0.25, 0.3) is 0 Å². The van der Waals surface area contributed by atoms with E-state index in [2.05, 4.69) is 40.2 Å². The van der Waals surface area contributed by atoms with Crippen LogP contribution in [-0.4, -0.2) is 16.8 Å². The molecule has 114 valence electrons. The third kappa shape index (κ3) is 3.81. The first kappa shape index (κ1) is 16.8. The summed E-state index contributed by atoms with van der Waals surface area (Å²) in [6.45, 7) is 4.23. The van der Waals surface area contributed by atoms with Crippen molar-refractivity contribution >= 4 is 39.1 Å². The van der Waals surface area contributed by atoms with Gasteiger partial charge in [-0.05, 0) is 60.9 Å². The summed E-state index contributed by atoms with van der Waals surface area (Å²) in [7, 11) is 1.94. The van der Waals surface area contributed by atoms with Crippen LogP contribution in [-0.2, 0) is 6.42 Å². The lowest BCUT2D eigenvalue weighted by Gasteiger charge is -2.21. The highest BCUT2D eigenvalue weighted by atomic mass is 79.9. The minimum Gasteiger partial charge on any atom is -0.311 e. The van der Waals surface area contributed by atoms with Crippen molar-refractivity contribution in [2.75, 3.05) is 7.05 Å². The predicted molar refractivity (Wildman–Crippen MR) is 92.3 cm³/mol. The standard InChI is InChI=1S/C15H18BrCl2N3/c1-9(2)21-15(12(16)8-20-21)14(19-3)6-10-4-5-11(17)7-13(10)18/h4-5,7-9,14,19H,6H2,1-3H3. The molecule has 0 saturated heterocycles. The Morgan fingerprint density at radius 2 is 2.05 bits per heavy atom. The number of nitrogens with zero attached hydrogens (tertiary/aromatic N) is 2. The van der Waals surface area contributed by atoms with Gasteiger partial charge in [-0.15, -0.1) is 0 Å². The maximum Gasteiger partial charge on any atom is 0.0702 e. The molecule has 2 rings (SSSR count). The van der Waals surface area contributed by atoms with Crippen LogP contribution in [0.4, 0.5) is 0 Å². The van der Waals surface area contributed by atoms with Crippen LogP contribution in [0.1, 0.15) is 37.2 Å². The minimum absolute atomic E-state index is 0.114. The molecule has 0 spiro atoms. The van der Waals surface area contributed by atoms with Gasteiger partial charge in [0.1, 0.15) is 0 Å². The summed E-state index contributed by atoms with van der Waals surface area (Å²) in [5.74, 6) is 0. The van der Waals surface area contributed by atoms with Crippen LogP contribution < -0.4 is 5.32 Å². The molecule has 2 aromatic rings. The molecule has 0 radical (unpaired) electrons. The van der Waals surface area contributed by atoms with Gasteiger partial charge in [0.2, 0.25) is 0 Å². The van der Waals surface area contributed by atoms with Crippen LogP contribution in [0, 0.1) is 0 Å². The van der Waals surface area contributed by atoms with E-state index in [0.29, 0.717) is 16.1 Å². The Balaban J connectivity index is 2.34. The Morgan fingerprint density at radius 3 is 2.62 bits per heavy atom. The van der Waals surface area contributed by atoms with Crippen LogP contribution in [0.15, 0.2) is 28.9 Å². The molecule has 21 heavy (non-hydrogen) atoms. The second-order valence-corrected chi connectivity index (χ2v) is 6.90. The molecule has 0 aliphatic heterocycles. The lowest BCUT2D eigenvalue weighted by atomic mass is 10.0. The first-order chi connectivity index (χ1) is 9.93. The van der Waals surface area contributed by atoms with E-state index in [-0.39, 0.29) is 6.04 Å². The molecular formula is C15H18BrCl2N3. The lowest BCUT2D eigenvalue weighted by Crippen LogP contribution is -2.24. The van der Waals surface area contributed by atoms with Gasteiger partial charge in [-0.25, -0.2) is 0 Å². The van der Waals surface area contributed by atoms with Crippen molar-refractivity contribution in [2.45, 2.75) is 32.4 Å². The van der Waals surface area contributed by atoms with Crippen LogP contribution >= 0.6 is 39.1 Å². The molecule has 6 heteroatoms. The fraction of sp³-hybridized carbons (Fsp3) is 0.400. The van der Waals surface area contributed by atoms with Gasteiger partial charge in [-0.2, -0.15) is 5.10 Å². The molecule has 1 heterocycles. The SMILES string of the molecule is CNC(Cc1ccc(Cl)cc1Cl)c1c(Br)cnn1C(C)C. The highest BCUT2D eigenvalue weighted by Gasteiger charge is 2.21. The third-order valence-electron chi connectivity index (χ3n) is 3.39. The van der Waals surface area contributed by atoms with Crippen molar-refractivity contribution in [3.05, 3.63) is 50.2 Å². The Bertz CT molecular complexity index is 625. The molecule has 0 aliphatic rings.